The van der Waals surface area contributed by atoms with Crippen LogP contribution >= 0.6 is 15.9 Å². The first kappa shape index (κ1) is 14.5. The SMILES string of the molecule is CNc1cnc(C(=O)Nc2cc(C)c(Br)c(C)c2)cn1. The minimum atomic E-state index is -0.277. The molecule has 0 atom stereocenters. The highest BCUT2D eigenvalue weighted by molar-refractivity contribution is 9.10. The molecule has 1 heterocycles. The van der Waals surface area contributed by atoms with Gasteiger partial charge in [0.2, 0.25) is 0 Å². The first-order chi connectivity index (χ1) is 9.51. The lowest BCUT2D eigenvalue weighted by Gasteiger charge is -2.09. The molecule has 6 heteroatoms. The fraction of sp³-hybridized carbons (Fsp3) is 0.214. The minimum absolute atomic E-state index is 0.277. The summed E-state index contributed by atoms with van der Waals surface area (Å²) in [5, 5.41) is 5.68. The van der Waals surface area contributed by atoms with Gasteiger partial charge in [-0.15, -0.1) is 0 Å². The highest BCUT2D eigenvalue weighted by Crippen LogP contribution is 2.25. The zero-order valence-electron chi connectivity index (χ0n) is 11.5. The normalized spacial score (nSPS) is 10.2. The Morgan fingerprint density at radius 3 is 2.30 bits per heavy atom. The van der Waals surface area contributed by atoms with E-state index in [4.69, 9.17) is 0 Å². The molecular formula is C14H15BrN4O. The third-order valence-corrected chi connectivity index (χ3v) is 4.09. The third kappa shape index (κ3) is 3.14. The molecule has 2 rings (SSSR count). The number of hydrogen-bond donors (Lipinski definition) is 2. The standard InChI is InChI=1S/C14H15BrN4O/c1-8-4-10(5-9(2)13(8)15)19-14(20)11-6-18-12(16-3)7-17-11/h4-7H,1-3H3,(H,16,18)(H,19,20). The molecule has 0 unspecified atom stereocenters. The van der Waals surface area contributed by atoms with Gasteiger partial charge in [0.1, 0.15) is 11.5 Å². The Kier molecular flexibility index (Phi) is 4.34. The number of carbonyl (C=O) groups is 1. The lowest BCUT2D eigenvalue weighted by molar-refractivity contribution is 0.102. The van der Waals surface area contributed by atoms with E-state index in [0.29, 0.717) is 5.82 Å². The maximum atomic E-state index is 12.1. The smallest absolute Gasteiger partial charge is 0.275 e. The van der Waals surface area contributed by atoms with Crippen LogP contribution in [0.5, 0.6) is 0 Å². The third-order valence-electron chi connectivity index (χ3n) is 2.83. The average molecular weight is 335 g/mol. The molecule has 2 aromatic rings. The number of carbonyl (C=O) groups excluding carboxylic acids is 1. The molecule has 1 amide bonds. The summed E-state index contributed by atoms with van der Waals surface area (Å²) in [6, 6.07) is 3.81. The highest BCUT2D eigenvalue weighted by Gasteiger charge is 2.10. The Labute approximate surface area is 126 Å². The predicted octanol–water partition coefficient (Wildman–Crippen LogP) is 3.15. The minimum Gasteiger partial charge on any atom is -0.372 e. The summed E-state index contributed by atoms with van der Waals surface area (Å²) in [6.07, 6.45) is 2.97. The first-order valence-corrected chi connectivity index (χ1v) is 6.88. The van der Waals surface area contributed by atoms with Crippen LogP contribution in [0.2, 0.25) is 0 Å². The predicted molar refractivity (Wildman–Crippen MR) is 83.1 cm³/mol. The molecule has 0 aliphatic carbocycles. The number of hydrogen-bond acceptors (Lipinski definition) is 4. The van der Waals surface area contributed by atoms with Crippen molar-refractivity contribution in [3.05, 3.63) is 45.8 Å². The van der Waals surface area contributed by atoms with Gasteiger partial charge in [-0.2, -0.15) is 0 Å². The second kappa shape index (κ2) is 6.00. The molecule has 0 spiro atoms. The number of halogens is 1. The van der Waals surface area contributed by atoms with Crippen LogP contribution in [0, 0.1) is 13.8 Å². The van der Waals surface area contributed by atoms with E-state index in [2.05, 4.69) is 36.5 Å². The van der Waals surface area contributed by atoms with Gasteiger partial charge >= 0.3 is 0 Å². The van der Waals surface area contributed by atoms with Gasteiger partial charge in [0.25, 0.3) is 5.91 Å². The van der Waals surface area contributed by atoms with Crippen molar-refractivity contribution in [3.8, 4) is 0 Å². The molecule has 1 aromatic carbocycles. The molecule has 1 aromatic heterocycles. The highest BCUT2D eigenvalue weighted by atomic mass is 79.9. The molecule has 0 saturated carbocycles. The summed E-state index contributed by atoms with van der Waals surface area (Å²) in [7, 11) is 1.75. The first-order valence-electron chi connectivity index (χ1n) is 6.09. The molecule has 0 bridgehead atoms. The van der Waals surface area contributed by atoms with Gasteiger partial charge in [-0.1, -0.05) is 15.9 Å². The van der Waals surface area contributed by atoms with Crippen LogP contribution in [0.15, 0.2) is 29.0 Å². The summed E-state index contributed by atoms with van der Waals surface area (Å²) >= 11 is 3.50. The molecule has 104 valence electrons. The fourth-order valence-electron chi connectivity index (χ4n) is 1.79. The number of anilines is 2. The van der Waals surface area contributed by atoms with Gasteiger partial charge in [0, 0.05) is 17.2 Å². The van der Waals surface area contributed by atoms with Gasteiger partial charge in [-0.25, -0.2) is 9.97 Å². The van der Waals surface area contributed by atoms with Crippen molar-refractivity contribution in [2.24, 2.45) is 0 Å². The molecular weight excluding hydrogens is 320 g/mol. The van der Waals surface area contributed by atoms with Crippen LogP contribution in [-0.2, 0) is 0 Å². The second-order valence-corrected chi connectivity index (χ2v) is 5.21. The van der Waals surface area contributed by atoms with Crippen molar-refractivity contribution in [2.45, 2.75) is 13.8 Å². The monoisotopic (exact) mass is 334 g/mol. The number of aryl methyl sites for hydroxylation is 2. The molecule has 0 fully saturated rings. The van der Waals surface area contributed by atoms with E-state index >= 15 is 0 Å². The van der Waals surface area contributed by atoms with Crippen LogP contribution < -0.4 is 10.6 Å². The van der Waals surface area contributed by atoms with Crippen LogP contribution in [-0.4, -0.2) is 22.9 Å². The number of rotatable bonds is 3. The average Bonchev–Trinajstić information content (AvgIpc) is 2.44. The second-order valence-electron chi connectivity index (χ2n) is 4.42. The summed E-state index contributed by atoms with van der Waals surface area (Å²) in [6.45, 7) is 3.96. The Balaban J connectivity index is 2.18. The molecule has 0 radical (unpaired) electrons. The Morgan fingerprint density at radius 1 is 1.15 bits per heavy atom. The van der Waals surface area contributed by atoms with E-state index in [1.54, 1.807) is 7.05 Å². The van der Waals surface area contributed by atoms with E-state index in [-0.39, 0.29) is 11.6 Å². The van der Waals surface area contributed by atoms with Crippen molar-refractivity contribution in [3.63, 3.8) is 0 Å². The topological polar surface area (TPSA) is 66.9 Å². The molecule has 5 nitrogen and oxygen atoms in total. The van der Waals surface area contributed by atoms with Crippen molar-refractivity contribution in [2.75, 3.05) is 17.7 Å². The molecule has 20 heavy (non-hydrogen) atoms. The van der Waals surface area contributed by atoms with Gasteiger partial charge in [0.05, 0.1) is 12.4 Å². The van der Waals surface area contributed by atoms with E-state index in [1.165, 1.54) is 12.4 Å². The summed E-state index contributed by atoms with van der Waals surface area (Å²) in [5.41, 5.74) is 3.16. The van der Waals surface area contributed by atoms with Gasteiger partial charge in [-0.05, 0) is 37.1 Å². The van der Waals surface area contributed by atoms with Crippen molar-refractivity contribution in [1.29, 1.82) is 0 Å². The van der Waals surface area contributed by atoms with Gasteiger partial charge in [-0.3, -0.25) is 4.79 Å². The summed E-state index contributed by atoms with van der Waals surface area (Å²) in [5.74, 6) is 0.346. The van der Waals surface area contributed by atoms with Crippen molar-refractivity contribution in [1.82, 2.24) is 9.97 Å². The summed E-state index contributed by atoms with van der Waals surface area (Å²) in [4.78, 5) is 20.2. The molecule has 0 aliphatic rings. The van der Waals surface area contributed by atoms with Gasteiger partial charge < -0.3 is 10.6 Å². The Bertz CT molecular complexity index is 617. The largest absolute Gasteiger partial charge is 0.372 e. The van der Waals surface area contributed by atoms with Gasteiger partial charge in [0.15, 0.2) is 0 Å². The Hall–Kier alpha value is -1.95. The van der Waals surface area contributed by atoms with Crippen molar-refractivity contribution < 1.29 is 4.79 Å². The number of amides is 1. The number of aromatic nitrogens is 2. The number of nitrogens with zero attached hydrogens (tertiary/aromatic N) is 2. The maximum absolute atomic E-state index is 12.1. The van der Waals surface area contributed by atoms with E-state index in [1.807, 2.05) is 26.0 Å². The fourth-order valence-corrected chi connectivity index (χ4v) is 2.02. The quantitative estimate of drug-likeness (QED) is 0.904. The van der Waals surface area contributed by atoms with E-state index in [9.17, 15) is 4.79 Å². The molecule has 0 saturated heterocycles. The lowest BCUT2D eigenvalue weighted by Crippen LogP contribution is -2.14. The van der Waals surface area contributed by atoms with Crippen LogP contribution in [0.3, 0.4) is 0 Å². The van der Waals surface area contributed by atoms with Crippen molar-refractivity contribution >= 4 is 33.3 Å². The van der Waals surface area contributed by atoms with Crippen LogP contribution in [0.25, 0.3) is 0 Å². The Morgan fingerprint density at radius 2 is 1.80 bits per heavy atom. The zero-order chi connectivity index (χ0) is 14.7. The molecule has 0 aliphatic heterocycles. The van der Waals surface area contributed by atoms with E-state index in [0.717, 1.165) is 21.3 Å². The van der Waals surface area contributed by atoms with Crippen LogP contribution in [0.4, 0.5) is 11.5 Å². The number of nitrogens with one attached hydrogen (secondary N) is 2. The van der Waals surface area contributed by atoms with E-state index < -0.39 is 0 Å². The zero-order valence-corrected chi connectivity index (χ0v) is 13.1. The lowest BCUT2D eigenvalue weighted by atomic mass is 10.1. The summed E-state index contributed by atoms with van der Waals surface area (Å²) < 4.78 is 1.05. The number of benzene rings is 1. The maximum Gasteiger partial charge on any atom is 0.275 e. The van der Waals surface area contributed by atoms with Crippen LogP contribution in [0.1, 0.15) is 21.6 Å². The molecule has 2 N–H and O–H groups in total.